The van der Waals surface area contributed by atoms with Gasteiger partial charge in [-0.15, -0.1) is 0 Å². The Labute approximate surface area is 118 Å². The zero-order chi connectivity index (χ0) is 15.6. The van der Waals surface area contributed by atoms with E-state index in [-0.39, 0.29) is 17.1 Å². The van der Waals surface area contributed by atoms with Crippen LogP contribution in [0.3, 0.4) is 0 Å². The fourth-order valence-corrected chi connectivity index (χ4v) is 1.74. The van der Waals surface area contributed by atoms with Crippen molar-refractivity contribution in [2.24, 2.45) is 0 Å². The molecule has 3 N–H and O–H groups in total. The summed E-state index contributed by atoms with van der Waals surface area (Å²) < 4.78 is 56.0. The number of rotatable bonds is 3. The quantitative estimate of drug-likeness (QED) is 0.660. The molecule has 0 unspecified atom stereocenters. The van der Waals surface area contributed by atoms with Gasteiger partial charge in [0.15, 0.2) is 0 Å². The normalized spacial score (nSPS) is 11.3. The Balaban J connectivity index is 2.26. The number of methoxy groups -OCH3 is 1. The summed E-state index contributed by atoms with van der Waals surface area (Å²) in [5.41, 5.74) is 5.27. The van der Waals surface area contributed by atoms with Gasteiger partial charge < -0.3 is 15.8 Å². The molecule has 2 aromatic rings. The van der Waals surface area contributed by atoms with E-state index in [0.29, 0.717) is 5.69 Å². The first kappa shape index (κ1) is 15.0. The lowest BCUT2D eigenvalue weighted by atomic mass is 10.2. The van der Waals surface area contributed by atoms with E-state index < -0.39 is 17.6 Å². The van der Waals surface area contributed by atoms with Gasteiger partial charge in [0.25, 0.3) is 0 Å². The molecule has 0 heterocycles. The summed E-state index contributed by atoms with van der Waals surface area (Å²) in [5.74, 6) is -0.362. The number of benzene rings is 2. The minimum Gasteiger partial charge on any atom is -0.495 e. The van der Waals surface area contributed by atoms with Crippen LogP contribution < -0.4 is 15.8 Å². The number of ether oxygens (including phenoxy) is 1. The van der Waals surface area contributed by atoms with Crippen LogP contribution in [0, 0.1) is 5.82 Å². The molecule has 0 saturated heterocycles. The van der Waals surface area contributed by atoms with E-state index in [9.17, 15) is 17.6 Å². The Morgan fingerprint density at radius 1 is 1.10 bits per heavy atom. The lowest BCUT2D eigenvalue weighted by Gasteiger charge is -2.12. The second-order valence-electron chi connectivity index (χ2n) is 4.27. The maximum atomic E-state index is 13.7. The molecule has 0 aliphatic heterocycles. The number of alkyl halides is 3. The highest BCUT2D eigenvalue weighted by Gasteiger charge is 2.29. The number of nitrogen functional groups attached to an aromatic ring is 1. The Morgan fingerprint density at radius 3 is 2.24 bits per heavy atom. The van der Waals surface area contributed by atoms with Crippen molar-refractivity contribution in [3.63, 3.8) is 0 Å². The van der Waals surface area contributed by atoms with Crippen LogP contribution in [-0.4, -0.2) is 7.11 Å². The van der Waals surface area contributed by atoms with E-state index in [1.165, 1.54) is 25.3 Å². The summed E-state index contributed by atoms with van der Waals surface area (Å²) in [4.78, 5) is 0. The van der Waals surface area contributed by atoms with Gasteiger partial charge in [0.2, 0.25) is 0 Å². The van der Waals surface area contributed by atoms with Crippen molar-refractivity contribution in [2.45, 2.75) is 6.18 Å². The van der Waals surface area contributed by atoms with Gasteiger partial charge >= 0.3 is 6.18 Å². The number of halogens is 4. The van der Waals surface area contributed by atoms with Gasteiger partial charge in [-0.05, 0) is 24.3 Å². The van der Waals surface area contributed by atoms with Crippen LogP contribution in [0.4, 0.5) is 34.6 Å². The second kappa shape index (κ2) is 5.51. The molecular weight excluding hydrogens is 288 g/mol. The van der Waals surface area contributed by atoms with Crippen LogP contribution in [0.25, 0.3) is 0 Å². The predicted octanol–water partition coefficient (Wildman–Crippen LogP) is 4.18. The summed E-state index contributed by atoms with van der Waals surface area (Å²) >= 11 is 0. The van der Waals surface area contributed by atoms with Gasteiger partial charge in [-0.1, -0.05) is 0 Å². The Hall–Kier alpha value is -2.44. The molecule has 3 nitrogen and oxygen atoms in total. The predicted molar refractivity (Wildman–Crippen MR) is 72.1 cm³/mol. The molecule has 0 aliphatic rings. The summed E-state index contributed by atoms with van der Waals surface area (Å²) in [6.45, 7) is 0. The minimum absolute atomic E-state index is 0.0563. The molecule has 2 aromatic carbocycles. The van der Waals surface area contributed by atoms with Crippen molar-refractivity contribution >= 4 is 17.1 Å². The molecule has 0 amide bonds. The third-order valence-corrected chi connectivity index (χ3v) is 2.81. The molecule has 0 atom stereocenters. The van der Waals surface area contributed by atoms with Crippen molar-refractivity contribution in [3.8, 4) is 5.75 Å². The van der Waals surface area contributed by atoms with Gasteiger partial charge in [-0.25, -0.2) is 4.39 Å². The van der Waals surface area contributed by atoms with Crippen molar-refractivity contribution in [3.05, 3.63) is 47.8 Å². The molecular formula is C14H12F4N2O. The van der Waals surface area contributed by atoms with Gasteiger partial charge in [-0.2, -0.15) is 13.2 Å². The molecule has 0 aliphatic carbocycles. The number of anilines is 3. The molecule has 0 spiro atoms. The average Bonchev–Trinajstić information content (AvgIpc) is 2.41. The van der Waals surface area contributed by atoms with E-state index in [2.05, 4.69) is 5.32 Å². The van der Waals surface area contributed by atoms with Gasteiger partial charge in [0, 0.05) is 17.8 Å². The average molecular weight is 300 g/mol. The lowest BCUT2D eigenvalue weighted by Crippen LogP contribution is -2.04. The molecule has 0 saturated carbocycles. The molecule has 7 heteroatoms. The van der Waals surface area contributed by atoms with E-state index in [4.69, 9.17) is 10.5 Å². The Kier molecular flexibility index (Phi) is 3.93. The highest BCUT2D eigenvalue weighted by Crippen LogP contribution is 2.32. The molecule has 0 bridgehead atoms. The summed E-state index contributed by atoms with van der Waals surface area (Å²) in [5, 5.41) is 2.67. The maximum absolute atomic E-state index is 13.7. The van der Waals surface area contributed by atoms with Gasteiger partial charge in [0.05, 0.1) is 24.0 Å². The Bertz CT molecular complexity index is 639. The molecule has 2 rings (SSSR count). The third-order valence-electron chi connectivity index (χ3n) is 2.81. The zero-order valence-corrected chi connectivity index (χ0v) is 11.0. The van der Waals surface area contributed by atoms with Crippen LogP contribution in [0.2, 0.25) is 0 Å². The first-order chi connectivity index (χ1) is 9.81. The first-order valence-electron chi connectivity index (χ1n) is 5.88. The van der Waals surface area contributed by atoms with Gasteiger partial charge in [0.1, 0.15) is 11.6 Å². The first-order valence-corrected chi connectivity index (χ1v) is 5.88. The fourth-order valence-electron chi connectivity index (χ4n) is 1.74. The SMILES string of the molecule is COc1cc(Nc2ccc(C(F)(F)F)cc2)c(F)cc1N. The van der Waals surface area contributed by atoms with Crippen LogP contribution in [-0.2, 0) is 6.18 Å². The van der Waals surface area contributed by atoms with Crippen LogP contribution in [0.1, 0.15) is 5.56 Å². The molecule has 0 radical (unpaired) electrons. The van der Waals surface area contributed by atoms with E-state index in [0.717, 1.165) is 18.2 Å². The molecule has 112 valence electrons. The lowest BCUT2D eigenvalue weighted by molar-refractivity contribution is -0.137. The van der Waals surface area contributed by atoms with E-state index >= 15 is 0 Å². The van der Waals surface area contributed by atoms with E-state index in [1.54, 1.807) is 0 Å². The highest BCUT2D eigenvalue weighted by molar-refractivity contribution is 5.67. The molecule has 21 heavy (non-hydrogen) atoms. The van der Waals surface area contributed by atoms with Gasteiger partial charge in [-0.3, -0.25) is 0 Å². The topological polar surface area (TPSA) is 47.3 Å². The second-order valence-corrected chi connectivity index (χ2v) is 4.27. The number of hydrogen-bond donors (Lipinski definition) is 2. The van der Waals surface area contributed by atoms with Crippen LogP contribution in [0.5, 0.6) is 5.75 Å². The smallest absolute Gasteiger partial charge is 0.416 e. The monoisotopic (exact) mass is 300 g/mol. The third kappa shape index (κ3) is 3.36. The van der Waals surface area contributed by atoms with Crippen LogP contribution in [0.15, 0.2) is 36.4 Å². The molecule has 0 aromatic heterocycles. The minimum atomic E-state index is -4.41. The van der Waals surface area contributed by atoms with Crippen molar-refractivity contribution < 1.29 is 22.3 Å². The standard InChI is InChI=1S/C14H12F4N2O/c1-21-13-7-12(10(15)6-11(13)19)20-9-4-2-8(3-5-9)14(16,17)18/h2-7,20H,19H2,1H3. The maximum Gasteiger partial charge on any atom is 0.416 e. The summed E-state index contributed by atoms with van der Waals surface area (Å²) in [6.07, 6.45) is -4.41. The number of nitrogens with two attached hydrogens (primary N) is 1. The zero-order valence-electron chi connectivity index (χ0n) is 11.0. The number of nitrogens with one attached hydrogen (secondary N) is 1. The summed E-state index contributed by atoms with van der Waals surface area (Å²) in [6, 6.07) is 6.66. The summed E-state index contributed by atoms with van der Waals surface area (Å²) in [7, 11) is 1.38. The van der Waals surface area contributed by atoms with Crippen molar-refractivity contribution in [1.29, 1.82) is 0 Å². The van der Waals surface area contributed by atoms with E-state index in [1.807, 2.05) is 0 Å². The van der Waals surface area contributed by atoms with Crippen LogP contribution >= 0.6 is 0 Å². The highest BCUT2D eigenvalue weighted by atomic mass is 19.4. The Morgan fingerprint density at radius 2 is 1.71 bits per heavy atom. The molecule has 0 fully saturated rings. The fraction of sp³-hybridized carbons (Fsp3) is 0.143. The number of hydrogen-bond acceptors (Lipinski definition) is 3. The largest absolute Gasteiger partial charge is 0.495 e. The van der Waals surface area contributed by atoms with Crippen molar-refractivity contribution in [2.75, 3.05) is 18.2 Å². The van der Waals surface area contributed by atoms with Crippen molar-refractivity contribution in [1.82, 2.24) is 0 Å².